The maximum atomic E-state index is 12.7. The molecule has 0 bridgehead atoms. The van der Waals surface area contributed by atoms with Crippen molar-refractivity contribution in [3.63, 3.8) is 0 Å². The van der Waals surface area contributed by atoms with Gasteiger partial charge in [-0.25, -0.2) is 0 Å². The third kappa shape index (κ3) is 7.47. The molecule has 176 valence electrons. The number of morpholine rings is 1. The SMILES string of the molecule is CC(=O)NC(CC(=O)N(C)CC(=O)Nc1ccc(N2CCOCC2)cc1)c1ccc(Cl)cc1. The maximum absolute atomic E-state index is 12.7. The molecule has 3 rings (SSSR count). The van der Waals surface area contributed by atoms with Crippen LogP contribution in [0.1, 0.15) is 24.9 Å². The van der Waals surface area contributed by atoms with E-state index in [1.807, 2.05) is 24.3 Å². The normalized spacial score (nSPS) is 14.3. The van der Waals surface area contributed by atoms with Gasteiger partial charge in [0.2, 0.25) is 17.7 Å². The summed E-state index contributed by atoms with van der Waals surface area (Å²) in [5.41, 5.74) is 2.51. The van der Waals surface area contributed by atoms with Crippen molar-refractivity contribution in [2.24, 2.45) is 0 Å². The highest BCUT2D eigenvalue weighted by Gasteiger charge is 2.21. The van der Waals surface area contributed by atoms with Crippen LogP contribution < -0.4 is 15.5 Å². The number of ether oxygens (including phenoxy) is 1. The van der Waals surface area contributed by atoms with E-state index in [1.165, 1.54) is 11.8 Å². The van der Waals surface area contributed by atoms with Crippen LogP contribution in [0.25, 0.3) is 0 Å². The van der Waals surface area contributed by atoms with Crippen molar-refractivity contribution < 1.29 is 19.1 Å². The van der Waals surface area contributed by atoms with Crippen LogP contribution in [-0.2, 0) is 19.1 Å². The van der Waals surface area contributed by atoms with E-state index in [-0.39, 0.29) is 30.7 Å². The number of benzene rings is 2. The van der Waals surface area contributed by atoms with E-state index < -0.39 is 6.04 Å². The van der Waals surface area contributed by atoms with E-state index in [0.717, 1.165) is 24.3 Å². The second-order valence-corrected chi connectivity index (χ2v) is 8.39. The molecule has 2 aromatic rings. The van der Waals surface area contributed by atoms with Crippen molar-refractivity contribution in [2.75, 3.05) is 50.1 Å². The number of carbonyl (C=O) groups is 3. The number of rotatable bonds is 8. The predicted molar refractivity (Wildman–Crippen MR) is 128 cm³/mol. The lowest BCUT2D eigenvalue weighted by molar-refractivity contribution is -0.134. The number of carbonyl (C=O) groups excluding carboxylic acids is 3. The summed E-state index contributed by atoms with van der Waals surface area (Å²) in [5.74, 6) is -0.808. The van der Waals surface area contributed by atoms with Crippen LogP contribution >= 0.6 is 11.6 Å². The van der Waals surface area contributed by atoms with Gasteiger partial charge in [0.05, 0.1) is 32.2 Å². The Kier molecular flexibility index (Phi) is 8.68. The summed E-state index contributed by atoms with van der Waals surface area (Å²) in [7, 11) is 1.57. The zero-order chi connectivity index (χ0) is 23.8. The minimum atomic E-state index is -0.509. The minimum absolute atomic E-state index is 0.0270. The fourth-order valence-corrected chi connectivity index (χ4v) is 3.73. The van der Waals surface area contributed by atoms with E-state index in [2.05, 4.69) is 15.5 Å². The van der Waals surface area contributed by atoms with E-state index in [0.29, 0.717) is 23.9 Å². The van der Waals surface area contributed by atoms with Crippen molar-refractivity contribution in [1.29, 1.82) is 0 Å². The topological polar surface area (TPSA) is 91.0 Å². The maximum Gasteiger partial charge on any atom is 0.243 e. The molecule has 2 aromatic carbocycles. The van der Waals surface area contributed by atoms with E-state index in [1.54, 1.807) is 31.3 Å². The summed E-state index contributed by atoms with van der Waals surface area (Å²) < 4.78 is 5.37. The predicted octanol–water partition coefficient (Wildman–Crippen LogP) is 2.84. The molecule has 9 heteroatoms. The third-order valence-corrected chi connectivity index (χ3v) is 5.61. The molecule has 33 heavy (non-hydrogen) atoms. The summed E-state index contributed by atoms with van der Waals surface area (Å²) in [6.45, 7) is 4.40. The lowest BCUT2D eigenvalue weighted by Crippen LogP contribution is -2.38. The van der Waals surface area contributed by atoms with Gasteiger partial charge in [-0.1, -0.05) is 23.7 Å². The van der Waals surface area contributed by atoms with Crippen LogP contribution in [0.15, 0.2) is 48.5 Å². The van der Waals surface area contributed by atoms with E-state index in [4.69, 9.17) is 16.3 Å². The molecule has 1 atom stereocenters. The molecule has 0 aliphatic carbocycles. The summed E-state index contributed by atoms with van der Waals surface area (Å²) >= 11 is 5.94. The standard InChI is InChI=1S/C24H29ClN4O4/c1-17(30)26-22(18-3-5-19(25)6-4-18)15-24(32)28(2)16-23(31)27-20-7-9-21(10-8-20)29-11-13-33-14-12-29/h3-10,22H,11-16H2,1-2H3,(H,26,30)(H,27,31). The highest BCUT2D eigenvalue weighted by atomic mass is 35.5. The Bertz CT molecular complexity index is 959. The number of halogens is 1. The molecule has 1 fully saturated rings. The van der Waals surface area contributed by atoms with Crippen molar-refractivity contribution >= 4 is 40.7 Å². The van der Waals surface area contributed by atoms with Crippen LogP contribution in [0.4, 0.5) is 11.4 Å². The third-order valence-electron chi connectivity index (χ3n) is 5.36. The van der Waals surface area contributed by atoms with E-state index >= 15 is 0 Å². The van der Waals surface area contributed by atoms with E-state index in [9.17, 15) is 14.4 Å². The van der Waals surface area contributed by atoms with Crippen molar-refractivity contribution in [3.8, 4) is 0 Å². The van der Waals surface area contributed by atoms with Gasteiger partial charge in [0.15, 0.2) is 0 Å². The Labute approximate surface area is 198 Å². The van der Waals surface area contributed by atoms with Crippen LogP contribution in [0.3, 0.4) is 0 Å². The molecule has 0 spiro atoms. The summed E-state index contributed by atoms with van der Waals surface area (Å²) in [6, 6.07) is 14.0. The van der Waals surface area contributed by atoms with Gasteiger partial charge in [-0.15, -0.1) is 0 Å². The second kappa shape index (κ2) is 11.7. The molecule has 0 radical (unpaired) electrons. The zero-order valence-corrected chi connectivity index (χ0v) is 19.6. The van der Waals surface area contributed by atoms with Gasteiger partial charge in [-0.05, 0) is 42.0 Å². The van der Waals surface area contributed by atoms with Crippen LogP contribution in [0.2, 0.25) is 5.02 Å². The van der Waals surface area contributed by atoms with Crippen molar-refractivity contribution in [2.45, 2.75) is 19.4 Å². The number of nitrogens with one attached hydrogen (secondary N) is 2. The van der Waals surface area contributed by atoms with Gasteiger partial charge in [-0.2, -0.15) is 0 Å². The minimum Gasteiger partial charge on any atom is -0.378 e. The molecular weight excluding hydrogens is 444 g/mol. The quantitative estimate of drug-likeness (QED) is 0.616. The Morgan fingerprint density at radius 2 is 1.70 bits per heavy atom. The van der Waals surface area contributed by atoms with Gasteiger partial charge in [0.25, 0.3) is 0 Å². The number of nitrogens with zero attached hydrogens (tertiary/aromatic N) is 2. The van der Waals surface area contributed by atoms with Crippen LogP contribution in [-0.4, -0.2) is 62.5 Å². The monoisotopic (exact) mass is 472 g/mol. The number of likely N-dealkylation sites (N-methyl/N-ethyl adjacent to an activating group) is 1. The highest BCUT2D eigenvalue weighted by molar-refractivity contribution is 6.30. The summed E-state index contributed by atoms with van der Waals surface area (Å²) in [5, 5.41) is 6.17. The Balaban J connectivity index is 1.53. The first kappa shape index (κ1) is 24.5. The molecule has 8 nitrogen and oxygen atoms in total. The van der Waals surface area contributed by atoms with Gasteiger partial charge in [0, 0.05) is 43.5 Å². The average Bonchev–Trinajstić information content (AvgIpc) is 2.80. The van der Waals surface area contributed by atoms with Crippen LogP contribution in [0.5, 0.6) is 0 Å². The smallest absolute Gasteiger partial charge is 0.243 e. The molecule has 3 amide bonds. The fourth-order valence-electron chi connectivity index (χ4n) is 3.60. The highest BCUT2D eigenvalue weighted by Crippen LogP contribution is 2.21. The zero-order valence-electron chi connectivity index (χ0n) is 18.8. The fraction of sp³-hybridized carbons (Fsp3) is 0.375. The Morgan fingerprint density at radius 1 is 1.06 bits per heavy atom. The molecule has 1 aliphatic rings. The van der Waals surface area contributed by atoms with Crippen LogP contribution in [0, 0.1) is 0 Å². The summed E-state index contributed by atoms with van der Waals surface area (Å²) in [4.78, 5) is 40.4. The van der Waals surface area contributed by atoms with Gasteiger partial charge in [0.1, 0.15) is 0 Å². The van der Waals surface area contributed by atoms with Crippen molar-refractivity contribution in [3.05, 3.63) is 59.1 Å². The molecule has 1 heterocycles. The number of hydrogen-bond acceptors (Lipinski definition) is 5. The molecule has 0 aromatic heterocycles. The lowest BCUT2D eigenvalue weighted by atomic mass is 10.0. The number of anilines is 2. The summed E-state index contributed by atoms with van der Waals surface area (Å²) in [6.07, 6.45) is 0.0270. The molecular formula is C24H29ClN4O4. The van der Waals surface area contributed by atoms with Gasteiger partial charge in [-0.3, -0.25) is 14.4 Å². The van der Waals surface area contributed by atoms with Crippen molar-refractivity contribution in [1.82, 2.24) is 10.2 Å². The largest absolute Gasteiger partial charge is 0.378 e. The Hall–Kier alpha value is -3.10. The molecule has 1 aliphatic heterocycles. The molecule has 0 saturated carbocycles. The first-order valence-electron chi connectivity index (χ1n) is 10.8. The molecule has 1 saturated heterocycles. The van der Waals surface area contributed by atoms with Gasteiger partial charge >= 0.3 is 0 Å². The Morgan fingerprint density at radius 3 is 2.30 bits per heavy atom. The molecule has 2 N–H and O–H groups in total. The van der Waals surface area contributed by atoms with Gasteiger partial charge < -0.3 is 25.2 Å². The number of amides is 3. The first-order valence-corrected chi connectivity index (χ1v) is 11.2. The second-order valence-electron chi connectivity index (χ2n) is 7.95. The number of hydrogen-bond donors (Lipinski definition) is 2. The average molecular weight is 473 g/mol. The molecule has 1 unspecified atom stereocenters. The lowest BCUT2D eigenvalue weighted by Gasteiger charge is -2.29. The first-order chi connectivity index (χ1) is 15.8.